The van der Waals surface area contributed by atoms with Gasteiger partial charge in [-0.15, -0.1) is 11.6 Å². The van der Waals surface area contributed by atoms with Crippen LogP contribution in [0, 0.1) is 0 Å². The molecule has 16 heavy (non-hydrogen) atoms. The zero-order chi connectivity index (χ0) is 11.1. The molecule has 0 unspecified atom stereocenters. The lowest BCUT2D eigenvalue weighted by Gasteiger charge is -2.08. The molecule has 0 bridgehead atoms. The number of benzene rings is 2. The summed E-state index contributed by atoms with van der Waals surface area (Å²) in [7, 11) is 0. The number of alkyl halides is 1. The van der Waals surface area contributed by atoms with Gasteiger partial charge in [0, 0.05) is 5.88 Å². The molecule has 0 saturated carbocycles. The van der Waals surface area contributed by atoms with Crippen molar-refractivity contribution < 1.29 is 0 Å². The molecular weight excluding hydrogens is 216 g/mol. The minimum atomic E-state index is 0.618. The molecule has 1 aliphatic carbocycles. The van der Waals surface area contributed by atoms with Gasteiger partial charge in [0.25, 0.3) is 0 Å². The van der Waals surface area contributed by atoms with Crippen LogP contribution < -0.4 is 0 Å². The van der Waals surface area contributed by atoms with Gasteiger partial charge in [-0.1, -0.05) is 42.0 Å². The molecule has 0 N–H and O–H groups in total. The summed E-state index contributed by atoms with van der Waals surface area (Å²) in [5.74, 6) is 0.618. The number of rotatable bonds is 1. The van der Waals surface area contributed by atoms with E-state index in [1.165, 1.54) is 33.0 Å². The van der Waals surface area contributed by atoms with E-state index in [2.05, 4.69) is 43.3 Å². The average molecular weight is 229 g/mol. The van der Waals surface area contributed by atoms with Gasteiger partial charge in [-0.3, -0.25) is 0 Å². The van der Waals surface area contributed by atoms with Crippen molar-refractivity contribution in [1.29, 1.82) is 0 Å². The van der Waals surface area contributed by atoms with Crippen LogP contribution in [0.1, 0.15) is 18.1 Å². The molecule has 0 heterocycles. The van der Waals surface area contributed by atoms with E-state index in [4.69, 9.17) is 11.6 Å². The number of fused-ring (bicyclic) bond motifs is 3. The van der Waals surface area contributed by atoms with Crippen molar-refractivity contribution in [3.63, 3.8) is 0 Å². The van der Waals surface area contributed by atoms with Gasteiger partial charge in [-0.05, 0) is 40.8 Å². The molecule has 0 spiro atoms. The third kappa shape index (κ3) is 1.30. The summed E-state index contributed by atoms with van der Waals surface area (Å²) in [4.78, 5) is 0. The van der Waals surface area contributed by atoms with Crippen LogP contribution in [-0.4, -0.2) is 5.88 Å². The first-order valence-corrected chi connectivity index (χ1v) is 6.10. The van der Waals surface area contributed by atoms with Crippen LogP contribution in [-0.2, 0) is 6.42 Å². The van der Waals surface area contributed by atoms with Crippen LogP contribution in [0.3, 0.4) is 0 Å². The Bertz CT molecular complexity index is 593. The molecule has 3 rings (SSSR count). The van der Waals surface area contributed by atoms with Crippen LogP contribution in [0.15, 0.2) is 42.0 Å². The normalized spacial score (nSPS) is 14.6. The lowest BCUT2D eigenvalue weighted by Crippen LogP contribution is -1.88. The van der Waals surface area contributed by atoms with E-state index in [9.17, 15) is 0 Å². The highest BCUT2D eigenvalue weighted by Gasteiger charge is 2.19. The molecular formula is C15H13Cl. The minimum Gasteiger partial charge on any atom is -0.122 e. The fourth-order valence-corrected chi connectivity index (χ4v) is 2.97. The minimum absolute atomic E-state index is 0.618. The fourth-order valence-electron chi connectivity index (χ4n) is 2.61. The van der Waals surface area contributed by atoms with Crippen molar-refractivity contribution in [3.05, 3.63) is 53.1 Å². The molecule has 0 radical (unpaired) electrons. The molecule has 0 aromatic heterocycles. The van der Waals surface area contributed by atoms with Crippen molar-refractivity contribution >= 4 is 27.9 Å². The van der Waals surface area contributed by atoms with E-state index in [0.717, 1.165) is 6.42 Å². The Morgan fingerprint density at radius 3 is 2.75 bits per heavy atom. The topological polar surface area (TPSA) is 0 Å². The second kappa shape index (κ2) is 3.64. The third-order valence-corrected chi connectivity index (χ3v) is 3.69. The predicted molar refractivity (Wildman–Crippen MR) is 71.0 cm³/mol. The molecule has 0 atom stereocenters. The van der Waals surface area contributed by atoms with Crippen molar-refractivity contribution in [2.24, 2.45) is 0 Å². The third-order valence-electron chi connectivity index (χ3n) is 3.42. The molecule has 2 aromatic rings. The zero-order valence-electron chi connectivity index (χ0n) is 9.26. The van der Waals surface area contributed by atoms with Crippen LogP contribution >= 0.6 is 11.6 Å². The Morgan fingerprint density at radius 2 is 1.94 bits per heavy atom. The van der Waals surface area contributed by atoms with E-state index in [0.29, 0.717) is 5.88 Å². The lowest BCUT2D eigenvalue weighted by atomic mass is 9.98. The van der Waals surface area contributed by atoms with E-state index in [1.54, 1.807) is 0 Å². The Balaban J connectivity index is 2.39. The van der Waals surface area contributed by atoms with Crippen LogP contribution in [0.5, 0.6) is 0 Å². The molecule has 0 aliphatic heterocycles. The highest BCUT2D eigenvalue weighted by Crippen LogP contribution is 2.38. The summed E-state index contributed by atoms with van der Waals surface area (Å²) >= 11 is 6.07. The zero-order valence-corrected chi connectivity index (χ0v) is 10.0. The first kappa shape index (κ1) is 9.92. The summed E-state index contributed by atoms with van der Waals surface area (Å²) in [6.45, 7) is 2.19. The SMILES string of the molecule is CC1=C(CCl)c2c(ccc3ccccc23)C1. The van der Waals surface area contributed by atoms with Gasteiger partial charge in [0.05, 0.1) is 0 Å². The van der Waals surface area contributed by atoms with Gasteiger partial charge in [0.15, 0.2) is 0 Å². The van der Waals surface area contributed by atoms with E-state index >= 15 is 0 Å². The summed E-state index contributed by atoms with van der Waals surface area (Å²) in [5, 5.41) is 2.64. The fraction of sp³-hybridized carbons (Fsp3) is 0.200. The maximum Gasteiger partial charge on any atom is 0.0479 e. The van der Waals surface area contributed by atoms with Gasteiger partial charge in [-0.2, -0.15) is 0 Å². The van der Waals surface area contributed by atoms with Crippen molar-refractivity contribution in [2.75, 3.05) is 5.88 Å². The van der Waals surface area contributed by atoms with Gasteiger partial charge >= 0.3 is 0 Å². The number of allylic oxidation sites excluding steroid dienone is 2. The average Bonchev–Trinajstić information content (AvgIpc) is 2.65. The van der Waals surface area contributed by atoms with Crippen molar-refractivity contribution in [2.45, 2.75) is 13.3 Å². The number of hydrogen-bond donors (Lipinski definition) is 0. The summed E-state index contributed by atoms with van der Waals surface area (Å²) in [6, 6.07) is 13.0. The lowest BCUT2D eigenvalue weighted by molar-refractivity contribution is 1.20. The molecule has 0 nitrogen and oxygen atoms in total. The molecule has 80 valence electrons. The monoisotopic (exact) mass is 228 g/mol. The molecule has 0 saturated heterocycles. The highest BCUT2D eigenvalue weighted by atomic mass is 35.5. The molecule has 0 fully saturated rings. The van der Waals surface area contributed by atoms with Gasteiger partial charge in [0.1, 0.15) is 0 Å². The Hall–Kier alpha value is -1.27. The second-order valence-corrected chi connectivity index (χ2v) is 4.66. The van der Waals surface area contributed by atoms with Gasteiger partial charge in [0.2, 0.25) is 0 Å². The van der Waals surface area contributed by atoms with Crippen LogP contribution in [0.4, 0.5) is 0 Å². The molecule has 2 aromatic carbocycles. The number of halogens is 1. The standard InChI is InChI=1S/C15H13Cl/c1-10-8-12-7-6-11-4-2-3-5-13(11)15(12)14(10)9-16/h2-7H,8-9H2,1H3. The summed E-state index contributed by atoms with van der Waals surface area (Å²) in [5.41, 5.74) is 5.55. The Morgan fingerprint density at radius 1 is 1.12 bits per heavy atom. The molecule has 1 aliphatic rings. The van der Waals surface area contributed by atoms with Gasteiger partial charge < -0.3 is 0 Å². The molecule has 1 heteroatoms. The van der Waals surface area contributed by atoms with E-state index < -0.39 is 0 Å². The van der Waals surface area contributed by atoms with E-state index in [1.807, 2.05) is 0 Å². The van der Waals surface area contributed by atoms with Crippen LogP contribution in [0.25, 0.3) is 16.3 Å². The first-order valence-electron chi connectivity index (χ1n) is 5.57. The molecule has 0 amide bonds. The Kier molecular flexibility index (Phi) is 2.26. The summed E-state index contributed by atoms with van der Waals surface area (Å²) in [6.07, 6.45) is 1.06. The number of hydrogen-bond acceptors (Lipinski definition) is 0. The van der Waals surface area contributed by atoms with Gasteiger partial charge in [-0.25, -0.2) is 0 Å². The highest BCUT2D eigenvalue weighted by molar-refractivity contribution is 6.24. The maximum absolute atomic E-state index is 6.07. The smallest absolute Gasteiger partial charge is 0.0479 e. The Labute approximate surface area is 101 Å². The first-order chi connectivity index (χ1) is 7.81. The van der Waals surface area contributed by atoms with E-state index in [-0.39, 0.29) is 0 Å². The quantitative estimate of drug-likeness (QED) is 0.635. The maximum atomic E-state index is 6.07. The van der Waals surface area contributed by atoms with Crippen molar-refractivity contribution in [1.82, 2.24) is 0 Å². The van der Waals surface area contributed by atoms with Crippen molar-refractivity contribution in [3.8, 4) is 0 Å². The summed E-state index contributed by atoms with van der Waals surface area (Å²) < 4.78 is 0. The largest absolute Gasteiger partial charge is 0.122 e. The van der Waals surface area contributed by atoms with Crippen LogP contribution in [0.2, 0.25) is 0 Å². The second-order valence-electron chi connectivity index (χ2n) is 4.39. The predicted octanol–water partition coefficient (Wildman–Crippen LogP) is 4.41.